The first-order valence-corrected chi connectivity index (χ1v) is 5.57. The Bertz CT molecular complexity index is 363. The average molecular weight is 221 g/mol. The van der Waals surface area contributed by atoms with E-state index in [0.29, 0.717) is 11.5 Å². The molecule has 1 amide bonds. The summed E-state index contributed by atoms with van der Waals surface area (Å²) < 4.78 is 0. The number of anilines is 1. The lowest BCUT2D eigenvalue weighted by molar-refractivity contribution is 0.0925. The molecule has 1 aromatic rings. The maximum atomic E-state index is 11.9. The fraction of sp³-hybridized carbons (Fsp3) is 0.500. The van der Waals surface area contributed by atoms with Crippen molar-refractivity contribution in [3.8, 4) is 0 Å². The Hall–Kier alpha value is -1.58. The molecule has 1 unspecified atom stereocenters. The van der Waals surface area contributed by atoms with Crippen molar-refractivity contribution < 1.29 is 4.79 Å². The molecule has 3 N–H and O–H groups in total. The predicted molar refractivity (Wildman–Crippen MR) is 65.0 cm³/mol. The van der Waals surface area contributed by atoms with Gasteiger partial charge in [-0.25, -0.2) is 4.98 Å². The van der Waals surface area contributed by atoms with Crippen LogP contribution in [-0.2, 0) is 0 Å². The van der Waals surface area contributed by atoms with Crippen LogP contribution in [0, 0.1) is 5.92 Å². The van der Waals surface area contributed by atoms with Crippen LogP contribution in [0.15, 0.2) is 18.3 Å². The molecular formula is C12H19N3O. The maximum absolute atomic E-state index is 11.9. The van der Waals surface area contributed by atoms with Gasteiger partial charge >= 0.3 is 0 Å². The second-order valence-electron chi connectivity index (χ2n) is 4.17. The lowest BCUT2D eigenvalue weighted by Crippen LogP contribution is -2.38. The Morgan fingerprint density at radius 2 is 2.25 bits per heavy atom. The third-order valence-electron chi connectivity index (χ3n) is 2.64. The number of nitrogens with one attached hydrogen (secondary N) is 1. The van der Waals surface area contributed by atoms with E-state index in [0.717, 1.165) is 6.42 Å². The molecule has 88 valence electrons. The number of nitrogen functional groups attached to an aromatic ring is 1. The molecule has 4 nitrogen and oxygen atoms in total. The van der Waals surface area contributed by atoms with Crippen molar-refractivity contribution in [2.45, 2.75) is 33.2 Å². The van der Waals surface area contributed by atoms with Gasteiger partial charge < -0.3 is 11.1 Å². The number of aromatic nitrogens is 1. The highest BCUT2D eigenvalue weighted by molar-refractivity contribution is 5.98. The number of hydrogen-bond donors (Lipinski definition) is 2. The minimum atomic E-state index is -0.147. The molecule has 0 bridgehead atoms. The van der Waals surface area contributed by atoms with Crippen LogP contribution in [0.1, 0.15) is 37.6 Å². The van der Waals surface area contributed by atoms with Crippen LogP contribution in [0.25, 0.3) is 0 Å². The Balaban J connectivity index is 2.76. The van der Waals surface area contributed by atoms with E-state index in [4.69, 9.17) is 5.73 Å². The number of nitrogens with two attached hydrogens (primary N) is 1. The van der Waals surface area contributed by atoms with Gasteiger partial charge in [0, 0.05) is 12.2 Å². The molecular weight excluding hydrogens is 202 g/mol. The van der Waals surface area contributed by atoms with E-state index in [-0.39, 0.29) is 17.8 Å². The largest absolute Gasteiger partial charge is 0.383 e. The van der Waals surface area contributed by atoms with Gasteiger partial charge in [-0.2, -0.15) is 0 Å². The summed E-state index contributed by atoms with van der Waals surface area (Å²) in [5.74, 6) is 0.539. The normalized spacial score (nSPS) is 12.5. The zero-order chi connectivity index (χ0) is 12.1. The Morgan fingerprint density at radius 3 is 2.75 bits per heavy atom. The van der Waals surface area contributed by atoms with Gasteiger partial charge in [0.05, 0.1) is 5.56 Å². The van der Waals surface area contributed by atoms with Crippen molar-refractivity contribution in [2.24, 2.45) is 5.92 Å². The smallest absolute Gasteiger partial charge is 0.255 e. The molecule has 0 aromatic carbocycles. The number of carbonyl (C=O) groups is 1. The SMILES string of the molecule is CCC(NC(=O)c1cccnc1N)C(C)C. The predicted octanol–water partition coefficient (Wildman–Crippen LogP) is 1.83. The lowest BCUT2D eigenvalue weighted by atomic mass is 10.0. The third kappa shape index (κ3) is 2.95. The first kappa shape index (κ1) is 12.5. The van der Waals surface area contributed by atoms with E-state index < -0.39 is 0 Å². The monoisotopic (exact) mass is 221 g/mol. The summed E-state index contributed by atoms with van der Waals surface area (Å²) in [5, 5.41) is 2.96. The maximum Gasteiger partial charge on any atom is 0.255 e. The lowest BCUT2D eigenvalue weighted by Gasteiger charge is -2.20. The summed E-state index contributed by atoms with van der Waals surface area (Å²) >= 11 is 0. The summed E-state index contributed by atoms with van der Waals surface area (Å²) in [7, 11) is 0. The first-order valence-electron chi connectivity index (χ1n) is 5.57. The van der Waals surface area contributed by atoms with Gasteiger partial charge in [0.15, 0.2) is 0 Å². The van der Waals surface area contributed by atoms with Crippen LogP contribution in [0.3, 0.4) is 0 Å². The standard InChI is InChI=1S/C12H19N3O/c1-4-10(8(2)3)15-12(16)9-6-5-7-14-11(9)13/h5-8,10H,4H2,1-3H3,(H2,13,14)(H,15,16). The molecule has 0 saturated carbocycles. The van der Waals surface area contributed by atoms with Crippen molar-refractivity contribution >= 4 is 11.7 Å². The number of carbonyl (C=O) groups excluding carboxylic acids is 1. The molecule has 0 spiro atoms. The summed E-state index contributed by atoms with van der Waals surface area (Å²) in [6.45, 7) is 6.22. The molecule has 1 rings (SSSR count). The van der Waals surface area contributed by atoms with Gasteiger partial charge in [0.1, 0.15) is 5.82 Å². The zero-order valence-corrected chi connectivity index (χ0v) is 10.0. The Labute approximate surface area is 96.3 Å². The van der Waals surface area contributed by atoms with Gasteiger partial charge in [-0.05, 0) is 24.5 Å². The number of pyridine rings is 1. The van der Waals surface area contributed by atoms with Crippen LogP contribution in [-0.4, -0.2) is 16.9 Å². The molecule has 0 saturated heterocycles. The Kier molecular flexibility index (Phi) is 4.28. The number of nitrogens with zero attached hydrogens (tertiary/aromatic N) is 1. The van der Waals surface area contributed by atoms with Crippen molar-refractivity contribution in [2.75, 3.05) is 5.73 Å². The van der Waals surface area contributed by atoms with Crippen molar-refractivity contribution in [3.05, 3.63) is 23.9 Å². The molecule has 0 aliphatic carbocycles. The molecule has 0 radical (unpaired) electrons. The summed E-state index contributed by atoms with van der Waals surface area (Å²) in [6, 6.07) is 3.57. The molecule has 0 aliphatic heterocycles. The molecule has 1 heterocycles. The Morgan fingerprint density at radius 1 is 1.56 bits per heavy atom. The van der Waals surface area contributed by atoms with Gasteiger partial charge in [-0.1, -0.05) is 20.8 Å². The van der Waals surface area contributed by atoms with E-state index in [1.54, 1.807) is 18.3 Å². The molecule has 1 aromatic heterocycles. The number of hydrogen-bond acceptors (Lipinski definition) is 3. The number of rotatable bonds is 4. The second-order valence-corrected chi connectivity index (χ2v) is 4.17. The van der Waals surface area contributed by atoms with E-state index >= 15 is 0 Å². The molecule has 0 fully saturated rings. The fourth-order valence-electron chi connectivity index (χ4n) is 1.60. The summed E-state index contributed by atoms with van der Waals surface area (Å²) in [6.07, 6.45) is 2.48. The van der Waals surface area contributed by atoms with Gasteiger partial charge in [-0.15, -0.1) is 0 Å². The minimum Gasteiger partial charge on any atom is -0.383 e. The topological polar surface area (TPSA) is 68.0 Å². The van der Waals surface area contributed by atoms with Crippen molar-refractivity contribution in [1.29, 1.82) is 0 Å². The first-order chi connectivity index (χ1) is 7.56. The van der Waals surface area contributed by atoms with Gasteiger partial charge in [0.2, 0.25) is 0 Å². The highest BCUT2D eigenvalue weighted by Gasteiger charge is 2.16. The second kappa shape index (κ2) is 5.49. The summed E-state index contributed by atoms with van der Waals surface area (Å²) in [4.78, 5) is 15.8. The summed E-state index contributed by atoms with van der Waals surface area (Å²) in [5.41, 5.74) is 6.09. The van der Waals surface area contributed by atoms with Gasteiger partial charge in [-0.3, -0.25) is 4.79 Å². The molecule has 1 atom stereocenters. The fourth-order valence-corrected chi connectivity index (χ4v) is 1.60. The van der Waals surface area contributed by atoms with E-state index in [1.807, 2.05) is 0 Å². The van der Waals surface area contributed by atoms with Crippen LogP contribution in [0.2, 0.25) is 0 Å². The molecule has 0 aliphatic rings. The van der Waals surface area contributed by atoms with E-state index in [1.165, 1.54) is 0 Å². The third-order valence-corrected chi connectivity index (χ3v) is 2.64. The molecule has 16 heavy (non-hydrogen) atoms. The van der Waals surface area contributed by atoms with Gasteiger partial charge in [0.25, 0.3) is 5.91 Å². The quantitative estimate of drug-likeness (QED) is 0.815. The minimum absolute atomic E-state index is 0.147. The van der Waals surface area contributed by atoms with Crippen LogP contribution in [0.5, 0.6) is 0 Å². The van der Waals surface area contributed by atoms with Crippen molar-refractivity contribution in [1.82, 2.24) is 10.3 Å². The highest BCUT2D eigenvalue weighted by Crippen LogP contribution is 2.10. The van der Waals surface area contributed by atoms with Crippen LogP contribution in [0.4, 0.5) is 5.82 Å². The van der Waals surface area contributed by atoms with Crippen LogP contribution < -0.4 is 11.1 Å². The van der Waals surface area contributed by atoms with Crippen LogP contribution >= 0.6 is 0 Å². The molecule has 4 heteroatoms. The number of amides is 1. The highest BCUT2D eigenvalue weighted by atomic mass is 16.1. The van der Waals surface area contributed by atoms with E-state index in [2.05, 4.69) is 31.1 Å². The average Bonchev–Trinajstić information content (AvgIpc) is 2.25. The van der Waals surface area contributed by atoms with Crippen molar-refractivity contribution in [3.63, 3.8) is 0 Å². The van der Waals surface area contributed by atoms with E-state index in [9.17, 15) is 4.79 Å². The zero-order valence-electron chi connectivity index (χ0n) is 10.0.